The highest BCUT2D eigenvalue weighted by molar-refractivity contribution is 7.92. The topological polar surface area (TPSA) is 109 Å². The lowest BCUT2D eigenvalue weighted by Crippen LogP contribution is -2.28. The second-order valence-corrected chi connectivity index (χ2v) is 7.65. The van der Waals surface area contributed by atoms with E-state index in [4.69, 9.17) is 4.74 Å². The zero-order valence-electron chi connectivity index (χ0n) is 15.6. The molecule has 0 bridgehead atoms. The minimum absolute atomic E-state index is 0.0418. The van der Waals surface area contributed by atoms with E-state index in [9.17, 15) is 13.2 Å². The van der Waals surface area contributed by atoms with Gasteiger partial charge in [0.25, 0.3) is 10.0 Å². The molecule has 0 saturated carbocycles. The SMILES string of the molecule is COc1ccccc1S(=O)(=O)Nc1ccc(NC(=O)NCc2ccncc2)cc1. The fraction of sp³-hybridized carbons (Fsp3) is 0.100. The molecule has 3 rings (SSSR count). The van der Waals surface area contributed by atoms with Crippen LogP contribution < -0.4 is 20.1 Å². The van der Waals surface area contributed by atoms with Crippen molar-refractivity contribution in [2.45, 2.75) is 11.4 Å². The first-order chi connectivity index (χ1) is 14.0. The Morgan fingerprint density at radius 2 is 1.62 bits per heavy atom. The zero-order chi connectivity index (χ0) is 20.7. The average molecular weight is 412 g/mol. The lowest BCUT2D eigenvalue weighted by molar-refractivity contribution is 0.251. The monoisotopic (exact) mass is 412 g/mol. The number of pyridine rings is 1. The smallest absolute Gasteiger partial charge is 0.319 e. The highest BCUT2D eigenvalue weighted by Gasteiger charge is 2.19. The van der Waals surface area contributed by atoms with Crippen molar-refractivity contribution in [3.63, 3.8) is 0 Å². The van der Waals surface area contributed by atoms with Crippen LogP contribution in [0.15, 0.2) is 78.0 Å². The third kappa shape index (κ3) is 5.45. The number of ether oxygens (including phenoxy) is 1. The number of carbonyl (C=O) groups excluding carboxylic acids is 1. The van der Waals surface area contributed by atoms with Crippen molar-refractivity contribution in [1.82, 2.24) is 10.3 Å². The van der Waals surface area contributed by atoms with E-state index in [1.165, 1.54) is 13.2 Å². The molecule has 29 heavy (non-hydrogen) atoms. The van der Waals surface area contributed by atoms with Crippen LogP contribution in [0.4, 0.5) is 16.2 Å². The predicted molar refractivity (Wildman–Crippen MR) is 110 cm³/mol. The first-order valence-corrected chi connectivity index (χ1v) is 10.2. The van der Waals surface area contributed by atoms with Gasteiger partial charge in [0.2, 0.25) is 0 Å². The zero-order valence-corrected chi connectivity index (χ0v) is 16.4. The molecule has 3 aromatic rings. The van der Waals surface area contributed by atoms with E-state index >= 15 is 0 Å². The van der Waals surface area contributed by atoms with Crippen LogP contribution in [0, 0.1) is 0 Å². The van der Waals surface area contributed by atoms with E-state index in [-0.39, 0.29) is 16.7 Å². The normalized spacial score (nSPS) is 10.8. The van der Waals surface area contributed by atoms with Gasteiger partial charge in [0.1, 0.15) is 10.6 Å². The van der Waals surface area contributed by atoms with Crippen molar-refractivity contribution >= 4 is 27.4 Å². The number of sulfonamides is 1. The van der Waals surface area contributed by atoms with Crippen molar-refractivity contribution in [2.75, 3.05) is 17.1 Å². The first kappa shape index (κ1) is 20.2. The number of aromatic nitrogens is 1. The molecule has 0 unspecified atom stereocenters. The third-order valence-corrected chi connectivity index (χ3v) is 5.38. The largest absolute Gasteiger partial charge is 0.495 e. The second kappa shape index (κ2) is 9.07. The van der Waals surface area contributed by atoms with Crippen molar-refractivity contribution in [3.05, 3.63) is 78.6 Å². The van der Waals surface area contributed by atoms with Gasteiger partial charge in [-0.05, 0) is 54.1 Å². The molecule has 0 radical (unpaired) electrons. The Morgan fingerprint density at radius 3 is 2.31 bits per heavy atom. The standard InChI is InChI=1S/C20H20N4O4S/c1-28-18-4-2-3-5-19(18)29(26,27)24-17-8-6-16(7-9-17)23-20(25)22-14-15-10-12-21-13-11-15/h2-13,24H,14H2,1H3,(H2,22,23,25). The number of methoxy groups -OCH3 is 1. The summed E-state index contributed by atoms with van der Waals surface area (Å²) in [5, 5.41) is 5.42. The molecular formula is C20H20N4O4S. The molecule has 0 aliphatic heterocycles. The number of nitrogens with zero attached hydrogens (tertiary/aromatic N) is 1. The summed E-state index contributed by atoms with van der Waals surface area (Å²) in [5.74, 6) is 0.254. The van der Waals surface area contributed by atoms with E-state index in [0.717, 1.165) is 5.56 Å². The van der Waals surface area contributed by atoms with Gasteiger partial charge >= 0.3 is 6.03 Å². The van der Waals surface area contributed by atoms with Gasteiger partial charge in [-0.25, -0.2) is 13.2 Å². The number of rotatable bonds is 7. The molecular weight excluding hydrogens is 392 g/mol. The highest BCUT2D eigenvalue weighted by atomic mass is 32.2. The minimum Gasteiger partial charge on any atom is -0.495 e. The van der Waals surface area contributed by atoms with Crippen LogP contribution in [0.5, 0.6) is 5.75 Å². The number of anilines is 2. The molecule has 0 aliphatic carbocycles. The molecule has 1 heterocycles. The molecule has 9 heteroatoms. The number of urea groups is 1. The summed E-state index contributed by atoms with van der Waals surface area (Å²) in [7, 11) is -2.40. The van der Waals surface area contributed by atoms with Crippen molar-refractivity contribution < 1.29 is 17.9 Å². The maximum Gasteiger partial charge on any atom is 0.319 e. The molecule has 0 saturated heterocycles. The first-order valence-electron chi connectivity index (χ1n) is 8.67. The van der Waals surface area contributed by atoms with Crippen LogP contribution in [-0.4, -0.2) is 26.5 Å². The van der Waals surface area contributed by atoms with Gasteiger partial charge in [0.15, 0.2) is 0 Å². The van der Waals surface area contributed by atoms with E-state index < -0.39 is 10.0 Å². The molecule has 1 aromatic heterocycles. The lowest BCUT2D eigenvalue weighted by Gasteiger charge is -2.12. The van der Waals surface area contributed by atoms with Gasteiger partial charge < -0.3 is 15.4 Å². The highest BCUT2D eigenvalue weighted by Crippen LogP contribution is 2.25. The van der Waals surface area contributed by atoms with Gasteiger partial charge in [-0.2, -0.15) is 0 Å². The number of benzene rings is 2. The predicted octanol–water partition coefficient (Wildman–Crippen LogP) is 3.21. The Bertz CT molecular complexity index is 1070. The number of hydrogen-bond acceptors (Lipinski definition) is 5. The molecule has 3 N–H and O–H groups in total. The van der Waals surface area contributed by atoms with Crippen LogP contribution in [0.2, 0.25) is 0 Å². The van der Waals surface area contributed by atoms with E-state index in [2.05, 4.69) is 20.3 Å². The Hall–Kier alpha value is -3.59. The molecule has 0 spiro atoms. The lowest BCUT2D eigenvalue weighted by atomic mass is 10.3. The van der Waals surface area contributed by atoms with Crippen molar-refractivity contribution in [3.8, 4) is 5.75 Å². The molecule has 8 nitrogen and oxygen atoms in total. The Morgan fingerprint density at radius 1 is 0.966 bits per heavy atom. The number of para-hydroxylation sites is 1. The summed E-state index contributed by atoms with van der Waals surface area (Å²) in [5.41, 5.74) is 1.81. The maximum absolute atomic E-state index is 12.6. The maximum atomic E-state index is 12.6. The average Bonchev–Trinajstić information content (AvgIpc) is 2.74. The summed E-state index contributed by atoms with van der Waals surface area (Å²) in [4.78, 5) is 16.0. The molecule has 0 atom stereocenters. The number of carbonyl (C=O) groups is 1. The summed E-state index contributed by atoms with van der Waals surface area (Å²) in [6.45, 7) is 0.366. The van der Waals surface area contributed by atoms with E-state index in [0.29, 0.717) is 17.9 Å². The fourth-order valence-corrected chi connectivity index (χ4v) is 3.76. The van der Waals surface area contributed by atoms with Crippen LogP contribution in [0.1, 0.15) is 5.56 Å². The summed E-state index contributed by atoms with van der Waals surface area (Å²) >= 11 is 0. The van der Waals surface area contributed by atoms with Crippen LogP contribution >= 0.6 is 0 Å². The number of nitrogens with one attached hydrogen (secondary N) is 3. The summed E-state index contributed by atoms with van der Waals surface area (Å²) < 4.78 is 32.8. The molecule has 2 amide bonds. The van der Waals surface area contributed by atoms with Crippen LogP contribution in [0.3, 0.4) is 0 Å². The van der Waals surface area contributed by atoms with Gasteiger partial charge in [-0.3, -0.25) is 9.71 Å². The van der Waals surface area contributed by atoms with E-state index in [1.807, 2.05) is 12.1 Å². The van der Waals surface area contributed by atoms with Gasteiger partial charge in [-0.15, -0.1) is 0 Å². The Kier molecular flexibility index (Phi) is 6.30. The molecule has 0 aliphatic rings. The Labute approximate surface area is 169 Å². The third-order valence-electron chi connectivity index (χ3n) is 3.96. The number of amides is 2. The van der Waals surface area contributed by atoms with Gasteiger partial charge in [0.05, 0.1) is 7.11 Å². The molecule has 0 fully saturated rings. The van der Waals surface area contributed by atoms with E-state index in [1.54, 1.807) is 54.9 Å². The van der Waals surface area contributed by atoms with Crippen molar-refractivity contribution in [2.24, 2.45) is 0 Å². The van der Waals surface area contributed by atoms with Gasteiger partial charge in [-0.1, -0.05) is 12.1 Å². The molecule has 2 aromatic carbocycles. The molecule has 150 valence electrons. The van der Waals surface area contributed by atoms with Crippen LogP contribution in [0.25, 0.3) is 0 Å². The quantitative estimate of drug-likeness (QED) is 0.552. The fourth-order valence-electron chi connectivity index (χ4n) is 2.53. The van der Waals surface area contributed by atoms with Crippen molar-refractivity contribution in [1.29, 1.82) is 0 Å². The van der Waals surface area contributed by atoms with Gasteiger partial charge in [0, 0.05) is 30.3 Å². The second-order valence-electron chi connectivity index (χ2n) is 6.00. The van der Waals surface area contributed by atoms with Crippen LogP contribution in [-0.2, 0) is 16.6 Å². The minimum atomic E-state index is -3.81. The summed E-state index contributed by atoms with van der Waals surface area (Å²) in [6, 6.07) is 15.9. The number of hydrogen-bond donors (Lipinski definition) is 3. The Balaban J connectivity index is 1.60. The summed E-state index contributed by atoms with van der Waals surface area (Å²) in [6.07, 6.45) is 3.31.